The average Bonchev–Trinajstić information content (AvgIpc) is 2.65. The number of hydrogen-bond acceptors (Lipinski definition) is 3. The van der Waals surface area contributed by atoms with E-state index < -0.39 is 0 Å². The van der Waals surface area contributed by atoms with Gasteiger partial charge < -0.3 is 9.64 Å². The molecule has 1 aliphatic heterocycles. The first-order valence-corrected chi connectivity index (χ1v) is 7.03. The molecule has 0 spiro atoms. The van der Waals surface area contributed by atoms with Crippen molar-refractivity contribution in [3.05, 3.63) is 11.3 Å². The summed E-state index contributed by atoms with van der Waals surface area (Å²) in [6.07, 6.45) is 2.36. The van der Waals surface area contributed by atoms with Gasteiger partial charge in [-0.15, -0.1) is 11.6 Å². The number of hydrogen-bond donors (Lipinski definition) is 0. The van der Waals surface area contributed by atoms with E-state index in [2.05, 4.69) is 10.00 Å². The van der Waals surface area contributed by atoms with Gasteiger partial charge in [-0.25, -0.2) is 0 Å². The van der Waals surface area contributed by atoms with Crippen LogP contribution in [-0.4, -0.2) is 36.6 Å². The molecule has 1 saturated heterocycles. The molecule has 2 heterocycles. The molecule has 0 saturated carbocycles. The number of anilines is 1. The van der Waals surface area contributed by atoms with Crippen LogP contribution < -0.4 is 4.90 Å². The van der Waals surface area contributed by atoms with E-state index in [1.165, 1.54) is 24.2 Å². The van der Waals surface area contributed by atoms with Gasteiger partial charge in [-0.3, -0.25) is 4.68 Å². The first-order valence-electron chi connectivity index (χ1n) is 6.49. The summed E-state index contributed by atoms with van der Waals surface area (Å²) in [7, 11) is 3.78. The van der Waals surface area contributed by atoms with Crippen LogP contribution in [0.5, 0.6) is 0 Å². The van der Waals surface area contributed by atoms with Gasteiger partial charge in [0.15, 0.2) is 0 Å². The van der Waals surface area contributed by atoms with Gasteiger partial charge in [0.05, 0.1) is 11.6 Å². The minimum absolute atomic E-state index is 0.535. The van der Waals surface area contributed by atoms with Crippen molar-refractivity contribution in [2.75, 3.05) is 31.7 Å². The van der Waals surface area contributed by atoms with Crippen LogP contribution >= 0.6 is 11.6 Å². The monoisotopic (exact) mass is 271 g/mol. The van der Waals surface area contributed by atoms with Crippen LogP contribution in [0.2, 0.25) is 0 Å². The number of alkyl halides is 1. The lowest BCUT2D eigenvalue weighted by Gasteiger charge is -2.33. The van der Waals surface area contributed by atoms with Crippen LogP contribution in [-0.2, 0) is 17.7 Å². The maximum Gasteiger partial charge on any atom is 0.131 e. The summed E-state index contributed by atoms with van der Waals surface area (Å²) >= 11 is 6.05. The zero-order chi connectivity index (χ0) is 13.1. The highest BCUT2D eigenvalue weighted by Crippen LogP contribution is 2.29. The Morgan fingerprint density at radius 1 is 1.39 bits per heavy atom. The van der Waals surface area contributed by atoms with E-state index in [0.29, 0.717) is 11.8 Å². The maximum absolute atomic E-state index is 6.05. The molecule has 0 atom stereocenters. The molecule has 1 aromatic rings. The highest BCUT2D eigenvalue weighted by molar-refractivity contribution is 6.17. The van der Waals surface area contributed by atoms with Crippen molar-refractivity contribution in [1.82, 2.24) is 9.78 Å². The van der Waals surface area contributed by atoms with Crippen molar-refractivity contribution in [3.8, 4) is 0 Å². The van der Waals surface area contributed by atoms with E-state index in [9.17, 15) is 0 Å². The number of methoxy groups -OCH3 is 1. The van der Waals surface area contributed by atoms with Crippen molar-refractivity contribution in [1.29, 1.82) is 0 Å². The normalized spacial score (nSPS) is 17.4. The second-order valence-electron chi connectivity index (χ2n) is 5.03. The standard InChI is InChI=1S/C13H22ClN3O/c1-10-12(8-14)13(16(2)15-10)17-6-4-11(5-7-17)9-18-3/h11H,4-9H2,1-3H3. The summed E-state index contributed by atoms with van der Waals surface area (Å²) in [4.78, 5) is 2.41. The Bertz CT molecular complexity index is 397. The van der Waals surface area contributed by atoms with Crippen molar-refractivity contribution < 1.29 is 4.74 Å². The number of aromatic nitrogens is 2. The topological polar surface area (TPSA) is 30.3 Å². The SMILES string of the molecule is COCC1CCN(c2c(CCl)c(C)nn2C)CC1. The van der Waals surface area contributed by atoms with Gasteiger partial charge in [-0.1, -0.05) is 0 Å². The fourth-order valence-corrected chi connectivity index (χ4v) is 3.10. The number of halogens is 1. The number of nitrogens with zero attached hydrogens (tertiary/aromatic N) is 3. The summed E-state index contributed by atoms with van der Waals surface area (Å²) < 4.78 is 7.20. The predicted octanol–water partition coefficient (Wildman–Crippen LogP) is 2.33. The molecule has 0 bridgehead atoms. The third-order valence-electron chi connectivity index (χ3n) is 3.76. The number of ether oxygens (including phenoxy) is 1. The van der Waals surface area contributed by atoms with E-state index in [4.69, 9.17) is 16.3 Å². The van der Waals surface area contributed by atoms with Gasteiger partial charge in [0.1, 0.15) is 5.82 Å². The second-order valence-corrected chi connectivity index (χ2v) is 5.30. The lowest BCUT2D eigenvalue weighted by molar-refractivity contribution is 0.139. The first kappa shape index (κ1) is 13.7. The number of aryl methyl sites for hydroxylation is 2. The van der Waals surface area contributed by atoms with Crippen molar-refractivity contribution >= 4 is 17.4 Å². The molecule has 5 heteroatoms. The van der Waals surface area contributed by atoms with E-state index >= 15 is 0 Å². The van der Waals surface area contributed by atoms with Gasteiger partial charge in [0.25, 0.3) is 0 Å². The molecule has 102 valence electrons. The molecule has 2 rings (SSSR count). The van der Waals surface area contributed by atoms with E-state index in [-0.39, 0.29) is 0 Å². The molecule has 1 fully saturated rings. The fraction of sp³-hybridized carbons (Fsp3) is 0.769. The Morgan fingerprint density at radius 2 is 2.06 bits per heavy atom. The molecule has 1 aliphatic rings. The smallest absolute Gasteiger partial charge is 0.131 e. The zero-order valence-corrected chi connectivity index (χ0v) is 12.2. The predicted molar refractivity (Wildman–Crippen MR) is 74.3 cm³/mol. The minimum Gasteiger partial charge on any atom is -0.384 e. The summed E-state index contributed by atoms with van der Waals surface area (Å²) in [5.74, 6) is 2.42. The molecular formula is C13H22ClN3O. The highest BCUT2D eigenvalue weighted by Gasteiger charge is 2.24. The van der Waals surface area contributed by atoms with E-state index in [1.807, 2.05) is 18.7 Å². The summed E-state index contributed by atoms with van der Waals surface area (Å²) in [5.41, 5.74) is 2.21. The van der Waals surface area contributed by atoms with E-state index in [0.717, 1.165) is 25.4 Å². The molecule has 1 aromatic heterocycles. The lowest BCUT2D eigenvalue weighted by Crippen LogP contribution is -2.36. The molecule has 0 amide bonds. The molecule has 4 nitrogen and oxygen atoms in total. The summed E-state index contributed by atoms with van der Waals surface area (Å²) in [5, 5.41) is 4.48. The number of rotatable bonds is 4. The third-order valence-corrected chi connectivity index (χ3v) is 4.03. The van der Waals surface area contributed by atoms with Gasteiger partial charge in [0.2, 0.25) is 0 Å². The highest BCUT2D eigenvalue weighted by atomic mass is 35.5. The van der Waals surface area contributed by atoms with Gasteiger partial charge in [0, 0.05) is 39.4 Å². The van der Waals surface area contributed by atoms with Gasteiger partial charge in [-0.2, -0.15) is 5.10 Å². The molecular weight excluding hydrogens is 250 g/mol. The lowest BCUT2D eigenvalue weighted by atomic mass is 9.97. The zero-order valence-electron chi connectivity index (χ0n) is 11.4. The van der Waals surface area contributed by atoms with Crippen LogP contribution in [0.3, 0.4) is 0 Å². The third kappa shape index (κ3) is 2.64. The minimum atomic E-state index is 0.535. The fourth-order valence-electron chi connectivity index (χ4n) is 2.79. The van der Waals surface area contributed by atoms with Crippen LogP contribution in [0.15, 0.2) is 0 Å². The largest absolute Gasteiger partial charge is 0.384 e. The van der Waals surface area contributed by atoms with E-state index in [1.54, 1.807) is 7.11 Å². The maximum atomic E-state index is 6.05. The van der Waals surface area contributed by atoms with Crippen LogP contribution in [0.1, 0.15) is 24.1 Å². The molecule has 0 aliphatic carbocycles. The Hall–Kier alpha value is -0.740. The van der Waals surface area contributed by atoms with Crippen LogP contribution in [0, 0.1) is 12.8 Å². The van der Waals surface area contributed by atoms with Gasteiger partial charge in [-0.05, 0) is 25.7 Å². The molecule has 0 N–H and O–H groups in total. The van der Waals surface area contributed by atoms with Crippen molar-refractivity contribution in [2.45, 2.75) is 25.6 Å². The number of piperidine rings is 1. The molecule has 0 aromatic carbocycles. The second kappa shape index (κ2) is 5.93. The van der Waals surface area contributed by atoms with Crippen molar-refractivity contribution in [2.24, 2.45) is 13.0 Å². The molecule has 0 unspecified atom stereocenters. The molecule has 0 radical (unpaired) electrons. The first-order chi connectivity index (χ1) is 8.67. The Morgan fingerprint density at radius 3 is 2.61 bits per heavy atom. The average molecular weight is 272 g/mol. The van der Waals surface area contributed by atoms with Gasteiger partial charge >= 0.3 is 0 Å². The van der Waals surface area contributed by atoms with Crippen LogP contribution in [0.4, 0.5) is 5.82 Å². The van der Waals surface area contributed by atoms with Crippen molar-refractivity contribution in [3.63, 3.8) is 0 Å². The summed E-state index contributed by atoms with van der Waals surface area (Å²) in [6, 6.07) is 0. The quantitative estimate of drug-likeness (QED) is 0.788. The Balaban J connectivity index is 2.09. The molecule has 18 heavy (non-hydrogen) atoms. The van der Waals surface area contributed by atoms with Crippen LogP contribution in [0.25, 0.3) is 0 Å². The summed E-state index contributed by atoms with van der Waals surface area (Å²) in [6.45, 7) is 5.04. The Labute approximate surface area is 114 Å². The Kier molecular flexibility index (Phi) is 4.51.